The van der Waals surface area contributed by atoms with Crippen molar-refractivity contribution < 1.29 is 32.6 Å². The molecule has 1 aliphatic carbocycles. The van der Waals surface area contributed by atoms with Gasteiger partial charge in [0.25, 0.3) is 5.92 Å². The maximum Gasteiger partial charge on any atom is 0.407 e. The van der Waals surface area contributed by atoms with Crippen molar-refractivity contribution in [3.8, 4) is 11.5 Å². The largest absolute Gasteiger partial charge is 0.493 e. The summed E-state index contributed by atoms with van der Waals surface area (Å²) in [6.07, 6.45) is 6.40. The van der Waals surface area contributed by atoms with Gasteiger partial charge in [0.2, 0.25) is 5.91 Å². The number of carbonyl (C=O) groups is 2. The molecule has 0 bridgehead atoms. The van der Waals surface area contributed by atoms with E-state index in [9.17, 15) is 9.59 Å². The maximum absolute atomic E-state index is 16.3. The lowest BCUT2D eigenvalue weighted by molar-refractivity contribution is -0.145. The molecule has 1 aliphatic heterocycles. The van der Waals surface area contributed by atoms with Gasteiger partial charge in [-0.05, 0) is 108 Å². The minimum atomic E-state index is -3.62. The van der Waals surface area contributed by atoms with Gasteiger partial charge in [0, 0.05) is 29.6 Å². The SMILES string of the molecule is CC.CC.CCOc1cc(C(F)(F)C(NSc2ccc(OCC3CCCCC3)cc2)C(=O)N2CCC(NC(=O)OC(C)(C)C)CC2)ccc1Cl. The second-order valence-electron chi connectivity index (χ2n) is 12.9. The van der Waals surface area contributed by atoms with Crippen molar-refractivity contribution in [1.29, 1.82) is 0 Å². The van der Waals surface area contributed by atoms with Gasteiger partial charge in [-0.3, -0.25) is 4.79 Å². The highest BCUT2D eigenvalue weighted by atomic mass is 35.5. The van der Waals surface area contributed by atoms with Crippen LogP contribution in [0.5, 0.6) is 11.5 Å². The summed E-state index contributed by atoms with van der Waals surface area (Å²) in [6, 6.07) is 8.84. The minimum Gasteiger partial charge on any atom is -0.493 e. The van der Waals surface area contributed by atoms with E-state index in [4.69, 9.17) is 25.8 Å². The van der Waals surface area contributed by atoms with E-state index < -0.39 is 29.6 Å². The first-order chi connectivity index (χ1) is 23.9. The van der Waals surface area contributed by atoms with Crippen LogP contribution in [0.15, 0.2) is 47.4 Å². The summed E-state index contributed by atoms with van der Waals surface area (Å²) >= 11 is 7.15. The molecule has 2 aromatic carbocycles. The predicted octanol–water partition coefficient (Wildman–Crippen LogP) is 10.0. The molecule has 1 saturated heterocycles. The molecular weight excluding hydrogens is 684 g/mol. The van der Waals surface area contributed by atoms with Gasteiger partial charge in [-0.25, -0.2) is 9.52 Å². The smallest absolute Gasteiger partial charge is 0.407 e. The molecule has 1 unspecified atom stereocenters. The molecule has 4 rings (SSSR count). The summed E-state index contributed by atoms with van der Waals surface area (Å²) in [5.74, 6) is -2.95. The molecule has 0 spiro atoms. The van der Waals surface area contributed by atoms with Crippen LogP contribution in [0.1, 0.15) is 106 Å². The van der Waals surface area contributed by atoms with E-state index in [0.29, 0.717) is 30.3 Å². The van der Waals surface area contributed by atoms with Crippen LogP contribution in [-0.2, 0) is 15.5 Å². The second kappa shape index (κ2) is 21.6. The summed E-state index contributed by atoms with van der Waals surface area (Å²) in [5.41, 5.74) is -1.03. The number of alkyl halides is 2. The molecule has 2 amide bonds. The van der Waals surface area contributed by atoms with Gasteiger partial charge in [-0.15, -0.1) is 0 Å². The highest BCUT2D eigenvalue weighted by Gasteiger charge is 2.48. The molecule has 8 nitrogen and oxygen atoms in total. The lowest BCUT2D eigenvalue weighted by atomic mass is 9.90. The third kappa shape index (κ3) is 13.8. The first-order valence-electron chi connectivity index (χ1n) is 18.1. The minimum absolute atomic E-state index is 0.123. The van der Waals surface area contributed by atoms with Gasteiger partial charge in [-0.2, -0.15) is 8.78 Å². The van der Waals surface area contributed by atoms with Crippen LogP contribution >= 0.6 is 23.5 Å². The van der Waals surface area contributed by atoms with Crippen LogP contribution in [0, 0.1) is 5.92 Å². The average Bonchev–Trinajstić information content (AvgIpc) is 3.10. The summed E-state index contributed by atoms with van der Waals surface area (Å²) in [6.45, 7) is 16.4. The topological polar surface area (TPSA) is 89.1 Å². The standard InChI is InChI=1S/C34H46ClF2N3O5S.2C2H6/c1-5-43-29-21-24(11-16-28(29)35)34(36,37)30(31(41)40-19-17-25(18-20-40)38-32(42)45-33(2,3)4)39-46-27-14-12-26(13-15-27)44-22-23-9-7-6-8-10-23;2*1-2/h11-16,21,23,25,30,39H,5-10,17-20,22H2,1-4H3,(H,38,42);2*1-2H3. The van der Waals surface area contributed by atoms with E-state index in [1.165, 1.54) is 55.2 Å². The van der Waals surface area contributed by atoms with Gasteiger partial charge in [0.1, 0.15) is 17.1 Å². The summed E-state index contributed by atoms with van der Waals surface area (Å²) in [5, 5.41) is 3.02. The van der Waals surface area contributed by atoms with E-state index in [1.54, 1.807) is 39.8 Å². The maximum atomic E-state index is 16.3. The Morgan fingerprint density at radius 1 is 0.940 bits per heavy atom. The molecular formula is C38H58ClF2N3O5S. The zero-order valence-electron chi connectivity index (χ0n) is 31.1. The van der Waals surface area contributed by atoms with Gasteiger partial charge in [-0.1, -0.05) is 64.6 Å². The van der Waals surface area contributed by atoms with E-state index >= 15 is 8.78 Å². The van der Waals surface area contributed by atoms with Gasteiger partial charge in [0.05, 0.1) is 18.2 Å². The fourth-order valence-electron chi connectivity index (χ4n) is 5.62. The molecule has 12 heteroatoms. The average molecular weight is 742 g/mol. The third-order valence-electron chi connectivity index (χ3n) is 8.08. The highest BCUT2D eigenvalue weighted by Crippen LogP contribution is 2.39. The van der Waals surface area contributed by atoms with Crippen LogP contribution in [0.2, 0.25) is 5.02 Å². The molecule has 2 aromatic rings. The summed E-state index contributed by atoms with van der Waals surface area (Å²) in [7, 11) is 0. The molecule has 0 radical (unpaired) electrons. The van der Waals surface area contributed by atoms with Crippen molar-refractivity contribution in [2.24, 2.45) is 5.92 Å². The third-order valence-corrected chi connectivity index (χ3v) is 9.26. The fraction of sp³-hybridized carbons (Fsp3) is 0.632. The lowest BCUT2D eigenvalue weighted by Crippen LogP contribution is -2.56. The molecule has 2 N–H and O–H groups in total. The van der Waals surface area contributed by atoms with Crippen LogP contribution in [-0.4, -0.2) is 60.9 Å². The van der Waals surface area contributed by atoms with Gasteiger partial charge in [0.15, 0.2) is 6.04 Å². The van der Waals surface area contributed by atoms with E-state index in [0.717, 1.165) is 17.7 Å². The molecule has 1 saturated carbocycles. The number of halogens is 3. The van der Waals surface area contributed by atoms with Crippen LogP contribution < -0.4 is 19.5 Å². The molecule has 1 atom stereocenters. The van der Waals surface area contributed by atoms with Crippen molar-refractivity contribution in [2.45, 2.75) is 129 Å². The van der Waals surface area contributed by atoms with E-state index in [2.05, 4.69) is 10.0 Å². The molecule has 282 valence electrons. The van der Waals surface area contributed by atoms with Crippen molar-refractivity contribution in [3.05, 3.63) is 53.1 Å². The van der Waals surface area contributed by atoms with Crippen LogP contribution in [0.4, 0.5) is 13.6 Å². The van der Waals surface area contributed by atoms with Crippen LogP contribution in [0.25, 0.3) is 0 Å². The number of ether oxygens (including phenoxy) is 3. The van der Waals surface area contributed by atoms with Crippen molar-refractivity contribution in [2.75, 3.05) is 26.3 Å². The fourth-order valence-corrected chi connectivity index (χ4v) is 6.57. The number of amides is 2. The number of alkyl carbamates (subject to hydrolysis) is 1. The Morgan fingerprint density at radius 2 is 1.56 bits per heavy atom. The number of rotatable bonds is 12. The Balaban J connectivity index is 0.00000209. The Bertz CT molecular complexity index is 1300. The Labute approximate surface area is 307 Å². The second-order valence-corrected chi connectivity index (χ2v) is 14.2. The normalized spacial score (nSPS) is 16.2. The van der Waals surface area contributed by atoms with Gasteiger partial charge < -0.3 is 24.4 Å². The number of carbonyl (C=O) groups excluding carboxylic acids is 2. The lowest BCUT2D eigenvalue weighted by Gasteiger charge is -2.36. The Morgan fingerprint density at radius 3 is 2.14 bits per heavy atom. The molecule has 1 heterocycles. The zero-order valence-corrected chi connectivity index (χ0v) is 32.7. The van der Waals surface area contributed by atoms with Crippen LogP contribution in [0.3, 0.4) is 0 Å². The van der Waals surface area contributed by atoms with Gasteiger partial charge >= 0.3 is 6.09 Å². The van der Waals surface area contributed by atoms with Crippen molar-refractivity contribution in [3.63, 3.8) is 0 Å². The number of nitrogens with zero attached hydrogens (tertiary/aromatic N) is 1. The predicted molar refractivity (Wildman–Crippen MR) is 199 cm³/mol. The number of hydrogen-bond donors (Lipinski definition) is 2. The number of piperidine rings is 1. The first kappa shape index (κ1) is 43.4. The Hall–Kier alpha value is -2.76. The van der Waals surface area contributed by atoms with E-state index in [-0.39, 0.29) is 42.1 Å². The first-order valence-corrected chi connectivity index (χ1v) is 19.3. The molecule has 0 aromatic heterocycles. The molecule has 50 heavy (non-hydrogen) atoms. The number of nitrogens with one attached hydrogen (secondary N) is 2. The summed E-state index contributed by atoms with van der Waals surface area (Å²) < 4.78 is 52.2. The monoisotopic (exact) mass is 741 g/mol. The Kier molecular flexibility index (Phi) is 18.7. The molecule has 2 fully saturated rings. The van der Waals surface area contributed by atoms with E-state index in [1.807, 2.05) is 39.8 Å². The quantitative estimate of drug-likeness (QED) is 0.209. The van der Waals surface area contributed by atoms with Crippen molar-refractivity contribution in [1.82, 2.24) is 14.9 Å². The number of benzene rings is 2. The zero-order chi connectivity index (χ0) is 37.3. The highest BCUT2D eigenvalue weighted by molar-refractivity contribution is 7.97. The number of hydrogen-bond acceptors (Lipinski definition) is 7. The summed E-state index contributed by atoms with van der Waals surface area (Å²) in [4.78, 5) is 28.1. The number of likely N-dealkylation sites (tertiary alicyclic amines) is 1. The molecule has 2 aliphatic rings. The van der Waals surface area contributed by atoms with Crippen molar-refractivity contribution >= 4 is 35.5 Å².